The average molecular weight is 274 g/mol. The first-order chi connectivity index (χ1) is 7.05. The highest BCUT2D eigenvalue weighted by atomic mass is 79.9. The van der Waals surface area contributed by atoms with Crippen molar-refractivity contribution in [3.8, 4) is 5.75 Å². The normalized spacial score (nSPS) is 11.5. The summed E-state index contributed by atoms with van der Waals surface area (Å²) in [5, 5.41) is 0. The zero-order valence-electron chi connectivity index (χ0n) is 9.29. The van der Waals surface area contributed by atoms with Gasteiger partial charge in [0, 0.05) is 19.7 Å². The summed E-state index contributed by atoms with van der Waals surface area (Å²) in [5.41, 5.74) is -0.144. The second kappa shape index (κ2) is 5.47. The summed E-state index contributed by atoms with van der Waals surface area (Å²) >= 11 is 3.33. The molecule has 0 atom stereocenters. The van der Waals surface area contributed by atoms with E-state index >= 15 is 0 Å². The number of halogens is 1. The van der Waals surface area contributed by atoms with Gasteiger partial charge >= 0.3 is 0 Å². The van der Waals surface area contributed by atoms with E-state index < -0.39 is 0 Å². The van der Waals surface area contributed by atoms with Crippen LogP contribution in [0, 0.1) is 0 Å². The molecule has 3 nitrogen and oxygen atoms in total. The Bertz CT molecular complexity index is 315. The topological polar surface area (TPSA) is 31.4 Å². The summed E-state index contributed by atoms with van der Waals surface area (Å²) in [7, 11) is 1.71. The molecule has 0 unspecified atom stereocenters. The molecule has 15 heavy (non-hydrogen) atoms. The lowest BCUT2D eigenvalue weighted by Gasteiger charge is -2.22. The number of hydrogen-bond donors (Lipinski definition) is 0. The highest BCUT2D eigenvalue weighted by Gasteiger charge is 2.16. The van der Waals surface area contributed by atoms with Crippen molar-refractivity contribution in [3.63, 3.8) is 0 Å². The van der Waals surface area contributed by atoms with Crippen LogP contribution < -0.4 is 4.74 Å². The van der Waals surface area contributed by atoms with E-state index in [0.717, 1.165) is 16.8 Å². The van der Waals surface area contributed by atoms with Gasteiger partial charge in [0.05, 0.1) is 12.2 Å². The van der Waals surface area contributed by atoms with Crippen molar-refractivity contribution >= 4 is 15.9 Å². The minimum absolute atomic E-state index is 0.144. The van der Waals surface area contributed by atoms with Crippen LogP contribution in [0.15, 0.2) is 22.9 Å². The third kappa shape index (κ3) is 4.18. The van der Waals surface area contributed by atoms with Crippen LogP contribution in [0.5, 0.6) is 5.75 Å². The second-order valence-electron chi connectivity index (χ2n) is 3.85. The molecule has 0 bridgehead atoms. The summed E-state index contributed by atoms with van der Waals surface area (Å²) < 4.78 is 11.6. The number of hydrogen-bond acceptors (Lipinski definition) is 3. The monoisotopic (exact) mass is 273 g/mol. The lowest BCUT2D eigenvalue weighted by atomic mass is 10.1. The zero-order valence-corrected chi connectivity index (χ0v) is 10.9. The molecule has 4 heteroatoms. The van der Waals surface area contributed by atoms with E-state index in [-0.39, 0.29) is 5.60 Å². The molecule has 0 saturated carbocycles. The number of ether oxygens (including phenoxy) is 2. The predicted octanol–water partition coefficient (Wildman–Crippen LogP) is 3.04. The minimum Gasteiger partial charge on any atom is -0.491 e. The van der Waals surface area contributed by atoms with E-state index in [9.17, 15) is 0 Å². The maximum atomic E-state index is 5.59. The third-order valence-electron chi connectivity index (χ3n) is 2.24. The van der Waals surface area contributed by atoms with Gasteiger partial charge in [-0.15, -0.1) is 0 Å². The molecule has 1 aromatic heterocycles. The van der Waals surface area contributed by atoms with Crippen LogP contribution in [0.2, 0.25) is 0 Å². The van der Waals surface area contributed by atoms with Crippen molar-refractivity contribution in [3.05, 3.63) is 22.9 Å². The molecule has 84 valence electrons. The molecule has 1 heterocycles. The minimum atomic E-state index is -0.144. The molecular weight excluding hydrogens is 258 g/mol. The fourth-order valence-corrected chi connectivity index (χ4v) is 1.35. The molecule has 0 spiro atoms. The van der Waals surface area contributed by atoms with Crippen molar-refractivity contribution in [2.45, 2.75) is 25.9 Å². The van der Waals surface area contributed by atoms with Crippen molar-refractivity contribution < 1.29 is 9.47 Å². The van der Waals surface area contributed by atoms with Gasteiger partial charge in [0.2, 0.25) is 0 Å². The number of rotatable bonds is 5. The molecule has 0 N–H and O–H groups in total. The van der Waals surface area contributed by atoms with Crippen LogP contribution in [-0.2, 0) is 4.74 Å². The number of pyridine rings is 1. The summed E-state index contributed by atoms with van der Waals surface area (Å²) in [6.45, 7) is 4.69. The van der Waals surface area contributed by atoms with E-state index in [1.807, 2.05) is 26.0 Å². The van der Waals surface area contributed by atoms with Crippen LogP contribution in [0.25, 0.3) is 0 Å². The van der Waals surface area contributed by atoms with Crippen molar-refractivity contribution in [1.29, 1.82) is 0 Å². The van der Waals surface area contributed by atoms with E-state index in [4.69, 9.17) is 9.47 Å². The van der Waals surface area contributed by atoms with Gasteiger partial charge < -0.3 is 9.47 Å². The van der Waals surface area contributed by atoms with Crippen LogP contribution in [0.4, 0.5) is 0 Å². The lowest BCUT2D eigenvalue weighted by molar-refractivity contribution is 0.00536. The van der Waals surface area contributed by atoms with Crippen molar-refractivity contribution in [1.82, 2.24) is 4.98 Å². The average Bonchev–Trinajstić information content (AvgIpc) is 2.21. The molecular formula is C11H16BrNO2. The fourth-order valence-electron chi connectivity index (χ4n) is 0.988. The summed E-state index contributed by atoms with van der Waals surface area (Å²) in [5.74, 6) is 0.768. The van der Waals surface area contributed by atoms with Gasteiger partial charge in [-0.05, 0) is 41.9 Å². The van der Waals surface area contributed by atoms with Crippen LogP contribution in [0.1, 0.15) is 20.3 Å². The van der Waals surface area contributed by atoms with Gasteiger partial charge in [-0.25, -0.2) is 4.98 Å². The van der Waals surface area contributed by atoms with Gasteiger partial charge in [-0.3, -0.25) is 0 Å². The van der Waals surface area contributed by atoms with E-state index in [1.165, 1.54) is 0 Å². The smallest absolute Gasteiger partial charge is 0.152 e. The standard InChI is InChI=1S/C11H16BrNO2/c1-11(2,14-3)6-8-15-9-5-4-7-13-10(9)12/h4-5,7H,6,8H2,1-3H3. The molecule has 0 amide bonds. The van der Waals surface area contributed by atoms with E-state index in [2.05, 4.69) is 20.9 Å². The molecule has 1 aromatic rings. The molecule has 0 aliphatic rings. The van der Waals surface area contributed by atoms with E-state index in [0.29, 0.717) is 6.61 Å². The first kappa shape index (κ1) is 12.5. The Morgan fingerprint density at radius 3 is 2.80 bits per heavy atom. The van der Waals surface area contributed by atoms with Crippen LogP contribution >= 0.6 is 15.9 Å². The predicted molar refractivity (Wildman–Crippen MR) is 63.1 cm³/mol. The summed E-state index contributed by atoms with van der Waals surface area (Å²) in [6, 6.07) is 3.73. The Morgan fingerprint density at radius 1 is 1.47 bits per heavy atom. The molecule has 0 aliphatic heterocycles. The first-order valence-electron chi connectivity index (χ1n) is 4.83. The number of methoxy groups -OCH3 is 1. The van der Waals surface area contributed by atoms with Gasteiger partial charge in [0.25, 0.3) is 0 Å². The largest absolute Gasteiger partial charge is 0.491 e. The van der Waals surface area contributed by atoms with Crippen LogP contribution in [-0.4, -0.2) is 24.3 Å². The van der Waals surface area contributed by atoms with Gasteiger partial charge in [0.1, 0.15) is 4.60 Å². The lowest BCUT2D eigenvalue weighted by Crippen LogP contribution is -2.25. The van der Waals surface area contributed by atoms with Crippen molar-refractivity contribution in [2.75, 3.05) is 13.7 Å². The molecule has 0 radical (unpaired) electrons. The van der Waals surface area contributed by atoms with Gasteiger partial charge in [0.15, 0.2) is 5.75 Å². The summed E-state index contributed by atoms with van der Waals surface area (Å²) in [4.78, 5) is 4.07. The quantitative estimate of drug-likeness (QED) is 0.773. The second-order valence-corrected chi connectivity index (χ2v) is 4.61. The van der Waals surface area contributed by atoms with Gasteiger partial charge in [-0.2, -0.15) is 0 Å². The number of nitrogens with zero attached hydrogens (tertiary/aromatic N) is 1. The molecule has 0 aliphatic carbocycles. The Hall–Kier alpha value is -0.610. The zero-order chi connectivity index (χ0) is 11.3. The molecule has 1 rings (SSSR count). The summed E-state index contributed by atoms with van der Waals surface area (Å²) in [6.07, 6.45) is 2.56. The maximum absolute atomic E-state index is 5.59. The maximum Gasteiger partial charge on any atom is 0.152 e. The SMILES string of the molecule is COC(C)(C)CCOc1cccnc1Br. The highest BCUT2D eigenvalue weighted by molar-refractivity contribution is 9.10. The molecule has 0 saturated heterocycles. The fraction of sp³-hybridized carbons (Fsp3) is 0.545. The van der Waals surface area contributed by atoms with Crippen molar-refractivity contribution in [2.24, 2.45) is 0 Å². The third-order valence-corrected chi connectivity index (χ3v) is 2.83. The molecule has 0 fully saturated rings. The Morgan fingerprint density at radius 2 is 2.20 bits per heavy atom. The van der Waals surface area contributed by atoms with Crippen LogP contribution in [0.3, 0.4) is 0 Å². The highest BCUT2D eigenvalue weighted by Crippen LogP contribution is 2.22. The number of aromatic nitrogens is 1. The first-order valence-corrected chi connectivity index (χ1v) is 5.63. The molecule has 0 aromatic carbocycles. The Kier molecular flexibility index (Phi) is 4.54. The van der Waals surface area contributed by atoms with Gasteiger partial charge in [-0.1, -0.05) is 0 Å². The Labute approximate surface area is 98.9 Å². The Balaban J connectivity index is 2.42. The van der Waals surface area contributed by atoms with E-state index in [1.54, 1.807) is 13.3 Å².